The van der Waals surface area contributed by atoms with Crippen LogP contribution in [-0.4, -0.2) is 36.1 Å². The first-order chi connectivity index (χ1) is 9.26. The average molecular weight is 291 g/mol. The second kappa shape index (κ2) is 6.56. The van der Waals surface area contributed by atoms with Crippen LogP contribution in [0.15, 0.2) is 18.2 Å². The summed E-state index contributed by atoms with van der Waals surface area (Å²) in [5.41, 5.74) is 0.775. The summed E-state index contributed by atoms with van der Waals surface area (Å²) in [6, 6.07) is 4.26. The van der Waals surface area contributed by atoms with Gasteiger partial charge in [-0.2, -0.15) is 13.2 Å². The van der Waals surface area contributed by atoms with Crippen LogP contribution in [0.1, 0.15) is 12.5 Å². The van der Waals surface area contributed by atoms with E-state index in [9.17, 15) is 23.3 Å². The van der Waals surface area contributed by atoms with Gasteiger partial charge >= 0.3 is 6.18 Å². The van der Waals surface area contributed by atoms with Gasteiger partial charge in [-0.25, -0.2) is 0 Å². The van der Waals surface area contributed by atoms with E-state index in [1.54, 1.807) is 6.92 Å². The SMILES string of the molecule is CCN(Cc1ccc([N+](=O)[O-])c(NC)c1)CC(F)(F)F. The summed E-state index contributed by atoms with van der Waals surface area (Å²) in [7, 11) is 1.53. The maximum absolute atomic E-state index is 12.4. The van der Waals surface area contributed by atoms with Gasteiger partial charge in [0.25, 0.3) is 5.69 Å². The number of alkyl halides is 3. The molecule has 0 saturated heterocycles. The Morgan fingerprint density at radius 2 is 2.05 bits per heavy atom. The van der Waals surface area contributed by atoms with Crippen molar-refractivity contribution in [2.24, 2.45) is 0 Å². The summed E-state index contributed by atoms with van der Waals surface area (Å²) < 4.78 is 37.1. The highest BCUT2D eigenvalue weighted by Crippen LogP contribution is 2.26. The first-order valence-electron chi connectivity index (χ1n) is 6.01. The molecule has 0 radical (unpaired) electrons. The quantitative estimate of drug-likeness (QED) is 0.646. The van der Waals surface area contributed by atoms with Crippen LogP contribution in [0.4, 0.5) is 24.5 Å². The molecule has 0 aliphatic rings. The van der Waals surface area contributed by atoms with Crippen molar-refractivity contribution in [1.82, 2.24) is 4.90 Å². The van der Waals surface area contributed by atoms with Crippen LogP contribution >= 0.6 is 0 Å². The van der Waals surface area contributed by atoms with Crippen LogP contribution < -0.4 is 5.32 Å². The first kappa shape index (κ1) is 16.2. The largest absolute Gasteiger partial charge is 0.401 e. The van der Waals surface area contributed by atoms with Crippen LogP contribution in [0.2, 0.25) is 0 Å². The Kier molecular flexibility index (Phi) is 5.32. The second-order valence-electron chi connectivity index (χ2n) is 4.28. The number of nitrogens with zero attached hydrogens (tertiary/aromatic N) is 2. The average Bonchev–Trinajstić information content (AvgIpc) is 2.35. The lowest BCUT2D eigenvalue weighted by Crippen LogP contribution is -2.33. The van der Waals surface area contributed by atoms with Crippen molar-refractivity contribution >= 4 is 11.4 Å². The van der Waals surface area contributed by atoms with Gasteiger partial charge in [-0.15, -0.1) is 0 Å². The molecule has 0 aliphatic carbocycles. The summed E-state index contributed by atoms with van der Waals surface area (Å²) in [4.78, 5) is 11.4. The van der Waals surface area contributed by atoms with Gasteiger partial charge in [0, 0.05) is 19.7 Å². The van der Waals surface area contributed by atoms with Crippen molar-refractivity contribution in [1.29, 1.82) is 0 Å². The van der Waals surface area contributed by atoms with Crippen molar-refractivity contribution in [2.75, 3.05) is 25.5 Å². The summed E-state index contributed by atoms with van der Waals surface area (Å²) in [5, 5.41) is 13.4. The van der Waals surface area contributed by atoms with Gasteiger partial charge in [-0.05, 0) is 18.2 Å². The molecule has 112 valence electrons. The Morgan fingerprint density at radius 1 is 1.40 bits per heavy atom. The fourth-order valence-electron chi connectivity index (χ4n) is 1.83. The molecule has 20 heavy (non-hydrogen) atoms. The third-order valence-corrected chi connectivity index (χ3v) is 2.78. The van der Waals surface area contributed by atoms with Crippen molar-refractivity contribution in [3.8, 4) is 0 Å². The van der Waals surface area contributed by atoms with Gasteiger partial charge in [0.05, 0.1) is 11.5 Å². The van der Waals surface area contributed by atoms with E-state index in [1.165, 1.54) is 30.1 Å². The van der Waals surface area contributed by atoms with Crippen LogP contribution in [0.3, 0.4) is 0 Å². The van der Waals surface area contributed by atoms with E-state index < -0.39 is 17.6 Å². The molecular weight excluding hydrogens is 275 g/mol. The smallest absolute Gasteiger partial charge is 0.383 e. The number of nitrogens with one attached hydrogen (secondary N) is 1. The molecule has 1 rings (SSSR count). The summed E-state index contributed by atoms with van der Waals surface area (Å²) >= 11 is 0. The molecule has 0 aromatic heterocycles. The van der Waals surface area contributed by atoms with Crippen molar-refractivity contribution < 1.29 is 18.1 Å². The zero-order valence-electron chi connectivity index (χ0n) is 11.2. The van der Waals surface area contributed by atoms with E-state index in [2.05, 4.69) is 5.32 Å². The summed E-state index contributed by atoms with van der Waals surface area (Å²) in [6.07, 6.45) is -4.26. The Morgan fingerprint density at radius 3 is 2.50 bits per heavy atom. The molecule has 1 aromatic rings. The highest BCUT2D eigenvalue weighted by atomic mass is 19.4. The molecule has 0 unspecified atom stereocenters. The van der Waals surface area contributed by atoms with E-state index in [0.29, 0.717) is 5.56 Å². The van der Waals surface area contributed by atoms with Crippen LogP contribution in [0.25, 0.3) is 0 Å². The van der Waals surface area contributed by atoms with Gasteiger partial charge in [0.1, 0.15) is 5.69 Å². The standard InChI is InChI=1S/C12H16F3N3O2/c1-3-17(8-12(13,14)15)7-9-4-5-11(18(19)20)10(6-9)16-2/h4-6,16H,3,7-8H2,1-2H3. The topological polar surface area (TPSA) is 58.4 Å². The van der Waals surface area contributed by atoms with Gasteiger partial charge < -0.3 is 5.32 Å². The van der Waals surface area contributed by atoms with E-state index in [1.807, 2.05) is 0 Å². The molecule has 0 aliphatic heterocycles. The molecule has 8 heteroatoms. The van der Waals surface area contributed by atoms with Crippen LogP contribution in [0.5, 0.6) is 0 Å². The second-order valence-corrected chi connectivity index (χ2v) is 4.28. The van der Waals surface area contributed by atoms with Gasteiger partial charge in [-0.3, -0.25) is 15.0 Å². The first-order valence-corrected chi connectivity index (χ1v) is 6.01. The Bertz CT molecular complexity index is 478. The number of hydrogen-bond donors (Lipinski definition) is 1. The number of rotatable bonds is 6. The van der Waals surface area contributed by atoms with Crippen molar-refractivity contribution in [2.45, 2.75) is 19.6 Å². The number of nitro benzene ring substituents is 1. The minimum atomic E-state index is -4.26. The lowest BCUT2D eigenvalue weighted by Gasteiger charge is -2.22. The summed E-state index contributed by atoms with van der Waals surface area (Å²) in [6.45, 7) is 0.958. The molecule has 0 fully saturated rings. The molecule has 0 atom stereocenters. The monoisotopic (exact) mass is 291 g/mol. The minimum Gasteiger partial charge on any atom is -0.383 e. The Hall–Kier alpha value is -1.83. The van der Waals surface area contributed by atoms with Crippen molar-refractivity contribution in [3.05, 3.63) is 33.9 Å². The van der Waals surface area contributed by atoms with Crippen molar-refractivity contribution in [3.63, 3.8) is 0 Å². The minimum absolute atomic E-state index is 0.0860. The normalized spacial score (nSPS) is 11.7. The fraction of sp³-hybridized carbons (Fsp3) is 0.500. The molecule has 0 saturated carbocycles. The third-order valence-electron chi connectivity index (χ3n) is 2.78. The Labute approximate surface area is 114 Å². The number of anilines is 1. The van der Waals surface area contributed by atoms with E-state index in [4.69, 9.17) is 0 Å². The zero-order chi connectivity index (χ0) is 15.3. The predicted molar refractivity (Wildman–Crippen MR) is 69.6 cm³/mol. The highest BCUT2D eigenvalue weighted by molar-refractivity contribution is 5.62. The zero-order valence-corrected chi connectivity index (χ0v) is 11.2. The van der Waals surface area contributed by atoms with E-state index in [0.717, 1.165) is 0 Å². The molecule has 1 aromatic carbocycles. The molecule has 0 bridgehead atoms. The number of hydrogen-bond acceptors (Lipinski definition) is 4. The van der Waals surface area contributed by atoms with Gasteiger partial charge in [0.2, 0.25) is 0 Å². The van der Waals surface area contributed by atoms with E-state index in [-0.39, 0.29) is 24.5 Å². The number of benzene rings is 1. The third kappa shape index (κ3) is 4.69. The molecular formula is C12H16F3N3O2. The van der Waals surface area contributed by atoms with Crippen LogP contribution in [0, 0.1) is 10.1 Å². The van der Waals surface area contributed by atoms with Gasteiger partial charge in [0.15, 0.2) is 0 Å². The molecule has 5 nitrogen and oxygen atoms in total. The fourth-order valence-corrected chi connectivity index (χ4v) is 1.83. The maximum Gasteiger partial charge on any atom is 0.401 e. The Balaban J connectivity index is 2.89. The maximum atomic E-state index is 12.4. The van der Waals surface area contributed by atoms with Crippen LogP contribution in [-0.2, 0) is 6.54 Å². The number of halogens is 3. The molecule has 0 spiro atoms. The van der Waals surface area contributed by atoms with Gasteiger partial charge in [-0.1, -0.05) is 13.0 Å². The van der Waals surface area contributed by atoms with E-state index >= 15 is 0 Å². The lowest BCUT2D eigenvalue weighted by atomic mass is 10.1. The predicted octanol–water partition coefficient (Wildman–Crippen LogP) is 3.02. The lowest BCUT2D eigenvalue weighted by molar-refractivity contribution is -0.384. The molecule has 0 heterocycles. The molecule has 1 N–H and O–H groups in total. The highest BCUT2D eigenvalue weighted by Gasteiger charge is 2.30. The molecule has 0 amide bonds. The number of nitro groups is 1. The summed E-state index contributed by atoms with van der Waals surface area (Å²) in [5.74, 6) is 0.